The summed E-state index contributed by atoms with van der Waals surface area (Å²) in [5.41, 5.74) is 6.79. The molecule has 0 aliphatic carbocycles. The number of methoxy groups -OCH3 is 1. The molecular weight excluding hydrogens is 451 g/mol. The van der Waals surface area contributed by atoms with Crippen LogP contribution >= 0.6 is 15.9 Å². The Morgan fingerprint density at radius 1 is 1.20 bits per heavy atom. The number of fused-ring (bicyclic) bond motifs is 1. The molecule has 160 valence electrons. The maximum absolute atomic E-state index is 14.5. The molecule has 1 saturated heterocycles. The Bertz CT molecular complexity index is 1050. The first-order chi connectivity index (χ1) is 14.5. The predicted molar refractivity (Wildman–Crippen MR) is 119 cm³/mol. The molecule has 8 heteroatoms. The van der Waals surface area contributed by atoms with E-state index in [2.05, 4.69) is 32.9 Å². The van der Waals surface area contributed by atoms with Gasteiger partial charge in [0.1, 0.15) is 18.3 Å². The maximum atomic E-state index is 14.5. The van der Waals surface area contributed by atoms with Crippen LogP contribution in [0.15, 0.2) is 39.8 Å². The van der Waals surface area contributed by atoms with Crippen LogP contribution in [0.4, 0.5) is 10.1 Å². The summed E-state index contributed by atoms with van der Waals surface area (Å²) < 4.78 is 26.8. The van der Waals surface area contributed by atoms with E-state index in [9.17, 15) is 4.39 Å². The van der Waals surface area contributed by atoms with Gasteiger partial charge in [-0.25, -0.2) is 4.39 Å². The Morgan fingerprint density at radius 2 is 1.97 bits per heavy atom. The monoisotopic (exact) mass is 476 g/mol. The fourth-order valence-corrected chi connectivity index (χ4v) is 4.20. The van der Waals surface area contributed by atoms with Gasteiger partial charge in [0.25, 0.3) is 0 Å². The van der Waals surface area contributed by atoms with Crippen LogP contribution in [-0.4, -0.2) is 45.4 Å². The Kier molecular flexibility index (Phi) is 6.15. The Hall–Kier alpha value is -2.32. The van der Waals surface area contributed by atoms with Gasteiger partial charge in [0.2, 0.25) is 0 Å². The summed E-state index contributed by atoms with van der Waals surface area (Å²) in [6, 6.07) is 8.57. The number of halogens is 2. The zero-order valence-corrected chi connectivity index (χ0v) is 18.8. The summed E-state index contributed by atoms with van der Waals surface area (Å²) in [6.07, 6.45) is 2.26. The largest absolute Gasteiger partial charge is 0.493 e. The number of rotatable bonds is 5. The van der Waals surface area contributed by atoms with Crippen molar-refractivity contribution in [3.8, 4) is 11.5 Å². The third kappa shape index (κ3) is 4.25. The molecule has 0 spiro atoms. The molecule has 2 aliphatic heterocycles. The fraction of sp³-hybridized carbons (Fsp3) is 0.409. The van der Waals surface area contributed by atoms with Crippen LogP contribution in [0.5, 0.6) is 11.5 Å². The van der Waals surface area contributed by atoms with Gasteiger partial charge in [0, 0.05) is 15.8 Å². The summed E-state index contributed by atoms with van der Waals surface area (Å²) in [6.45, 7) is 3.08. The van der Waals surface area contributed by atoms with E-state index in [4.69, 9.17) is 15.2 Å². The summed E-state index contributed by atoms with van der Waals surface area (Å²) in [5, 5.41) is 1.42. The number of nitrogens with two attached hydrogens (primary N) is 1. The molecule has 6 nitrogen and oxygen atoms in total. The van der Waals surface area contributed by atoms with Gasteiger partial charge in [0.05, 0.1) is 24.8 Å². The van der Waals surface area contributed by atoms with Crippen LogP contribution in [0.25, 0.3) is 5.82 Å². The second kappa shape index (κ2) is 8.81. The molecular formula is C22H26BrFN4O2. The van der Waals surface area contributed by atoms with E-state index >= 15 is 0 Å². The molecule has 2 aromatic carbocycles. The van der Waals surface area contributed by atoms with E-state index in [1.54, 1.807) is 24.1 Å². The third-order valence-electron chi connectivity index (χ3n) is 5.74. The Balaban J connectivity index is 1.62. The predicted octanol–water partition coefficient (Wildman–Crippen LogP) is 2.44. The van der Waals surface area contributed by atoms with Gasteiger partial charge in [-0.05, 0) is 63.2 Å². The quantitative estimate of drug-likeness (QED) is 0.717. The lowest BCUT2D eigenvalue weighted by molar-refractivity contribution is 0.157. The van der Waals surface area contributed by atoms with Crippen molar-refractivity contribution < 1.29 is 13.9 Å². The van der Waals surface area contributed by atoms with Crippen molar-refractivity contribution in [1.29, 1.82) is 0 Å². The molecule has 0 bridgehead atoms. The second-order valence-electron chi connectivity index (χ2n) is 7.79. The van der Waals surface area contributed by atoms with Gasteiger partial charge in [-0.2, -0.15) is 0 Å². The molecule has 0 amide bonds. The third-order valence-corrected chi connectivity index (χ3v) is 6.24. The lowest BCUT2D eigenvalue weighted by Crippen LogP contribution is -2.44. The molecule has 2 aromatic rings. The van der Waals surface area contributed by atoms with Crippen LogP contribution in [0.2, 0.25) is 0 Å². The number of benzene rings is 2. The standard InChI is InChI=1S/C22H26BrFN4O2/c1-27-7-5-14(6-8-27)12-30-21-11-18-16(10-20(21)29-2)22(25)28(13-26-18)19-4-3-15(23)9-17(19)24/h3-4,9-11,14H,5-8,12-13,25H2,1-2H3. The zero-order chi connectivity index (χ0) is 21.3. The Labute approximate surface area is 183 Å². The normalized spacial score (nSPS) is 17.5. The van der Waals surface area contributed by atoms with Gasteiger partial charge in [0.15, 0.2) is 11.5 Å². The summed E-state index contributed by atoms with van der Waals surface area (Å²) in [7, 11) is 3.75. The molecule has 0 radical (unpaired) electrons. The van der Waals surface area contributed by atoms with Gasteiger partial charge >= 0.3 is 0 Å². The highest BCUT2D eigenvalue weighted by atomic mass is 79.9. The fourth-order valence-electron chi connectivity index (χ4n) is 3.87. The molecule has 0 saturated carbocycles. The number of nitrogens with zero attached hydrogens (tertiary/aromatic N) is 3. The van der Waals surface area contributed by atoms with E-state index in [1.165, 1.54) is 6.07 Å². The lowest BCUT2D eigenvalue weighted by atomic mass is 9.98. The van der Waals surface area contributed by atoms with E-state index < -0.39 is 0 Å². The molecule has 2 N–H and O–H groups in total. The number of hydrogen-bond acceptors (Lipinski definition) is 6. The van der Waals surface area contributed by atoms with E-state index in [0.29, 0.717) is 45.2 Å². The van der Waals surface area contributed by atoms with Crippen LogP contribution < -0.4 is 30.7 Å². The second-order valence-corrected chi connectivity index (χ2v) is 8.70. The minimum absolute atomic E-state index is 0.234. The number of likely N-dealkylation sites (tertiary alicyclic amines) is 1. The van der Waals surface area contributed by atoms with E-state index in [-0.39, 0.29) is 12.5 Å². The number of ether oxygens (including phenoxy) is 2. The first kappa shape index (κ1) is 20.9. The van der Waals surface area contributed by atoms with Crippen molar-refractivity contribution in [2.75, 3.05) is 45.4 Å². The van der Waals surface area contributed by atoms with Gasteiger partial charge in [-0.1, -0.05) is 15.9 Å². The highest BCUT2D eigenvalue weighted by Crippen LogP contribution is 2.28. The van der Waals surface area contributed by atoms with Crippen LogP contribution in [0.1, 0.15) is 12.8 Å². The summed E-state index contributed by atoms with van der Waals surface area (Å²) in [5.74, 6) is 1.86. The van der Waals surface area contributed by atoms with Crippen molar-refractivity contribution in [1.82, 2.24) is 4.90 Å². The maximum Gasteiger partial charge on any atom is 0.163 e. The molecule has 1 fully saturated rings. The molecule has 0 atom stereocenters. The summed E-state index contributed by atoms with van der Waals surface area (Å²) in [4.78, 5) is 8.61. The number of anilines is 1. The average molecular weight is 477 g/mol. The van der Waals surface area contributed by atoms with Crippen LogP contribution in [0.3, 0.4) is 0 Å². The van der Waals surface area contributed by atoms with Gasteiger partial charge in [-0.15, -0.1) is 0 Å². The van der Waals surface area contributed by atoms with Crippen molar-refractivity contribution in [2.45, 2.75) is 12.8 Å². The topological polar surface area (TPSA) is 63.3 Å². The Morgan fingerprint density at radius 3 is 2.67 bits per heavy atom. The molecule has 2 aliphatic rings. The first-order valence-electron chi connectivity index (χ1n) is 10.0. The van der Waals surface area contributed by atoms with Crippen molar-refractivity contribution in [2.24, 2.45) is 16.6 Å². The number of hydrogen-bond donors (Lipinski definition) is 1. The minimum atomic E-state index is -0.365. The first-order valence-corrected chi connectivity index (χ1v) is 10.8. The highest BCUT2D eigenvalue weighted by molar-refractivity contribution is 9.10. The SMILES string of the molecule is COc1cc2c(cc1OCC1CCN(C)CC1)=NCN(c1ccc(Br)cc1F)C=2N. The van der Waals surface area contributed by atoms with Crippen LogP contribution in [0, 0.1) is 11.7 Å². The lowest BCUT2D eigenvalue weighted by Gasteiger charge is -2.29. The van der Waals surface area contributed by atoms with E-state index in [1.807, 2.05) is 12.1 Å². The molecule has 30 heavy (non-hydrogen) atoms. The molecule has 0 unspecified atom stereocenters. The van der Waals surface area contributed by atoms with Crippen molar-refractivity contribution in [3.63, 3.8) is 0 Å². The molecule has 2 heterocycles. The van der Waals surface area contributed by atoms with Gasteiger partial charge < -0.3 is 25.0 Å². The van der Waals surface area contributed by atoms with Gasteiger partial charge in [-0.3, -0.25) is 4.99 Å². The smallest absolute Gasteiger partial charge is 0.163 e. The molecule has 0 aromatic heterocycles. The molecule has 4 rings (SSSR count). The van der Waals surface area contributed by atoms with Crippen molar-refractivity contribution in [3.05, 3.63) is 51.2 Å². The average Bonchev–Trinajstić information content (AvgIpc) is 2.74. The van der Waals surface area contributed by atoms with Crippen LogP contribution in [-0.2, 0) is 0 Å². The highest BCUT2D eigenvalue weighted by Gasteiger charge is 2.21. The minimum Gasteiger partial charge on any atom is -0.493 e. The van der Waals surface area contributed by atoms with E-state index in [0.717, 1.165) is 31.3 Å². The number of piperidine rings is 1. The summed E-state index contributed by atoms with van der Waals surface area (Å²) >= 11 is 3.28. The van der Waals surface area contributed by atoms with Crippen molar-refractivity contribution >= 4 is 27.4 Å². The zero-order valence-electron chi connectivity index (χ0n) is 17.2.